The van der Waals surface area contributed by atoms with Crippen molar-refractivity contribution in [2.24, 2.45) is 17.8 Å². The van der Waals surface area contributed by atoms with Crippen LogP contribution in [0.25, 0.3) is 0 Å². The predicted octanol–water partition coefficient (Wildman–Crippen LogP) is 2.02. The minimum atomic E-state index is 0.352. The van der Waals surface area contributed by atoms with E-state index in [1.165, 1.54) is 32.1 Å². The van der Waals surface area contributed by atoms with Gasteiger partial charge in [0.05, 0.1) is 0 Å². The molecule has 0 spiro atoms. The third-order valence-corrected chi connectivity index (χ3v) is 5.07. The Kier molecular flexibility index (Phi) is 3.88. The lowest BCUT2D eigenvalue weighted by molar-refractivity contribution is -0.137. The van der Waals surface area contributed by atoms with Crippen LogP contribution >= 0.6 is 0 Å². The van der Waals surface area contributed by atoms with Gasteiger partial charge in [-0.2, -0.15) is 0 Å². The Balaban J connectivity index is 1.65. The maximum Gasteiger partial charge on any atom is 0.225 e. The molecular formula is C15H26N2O. The summed E-state index contributed by atoms with van der Waals surface area (Å²) < 4.78 is 0. The molecule has 0 aromatic rings. The number of nitrogens with one attached hydrogen (secondary N) is 1. The van der Waals surface area contributed by atoms with E-state index in [4.69, 9.17) is 0 Å². The summed E-state index contributed by atoms with van der Waals surface area (Å²) in [5.74, 6) is 2.23. The molecule has 0 aromatic heterocycles. The van der Waals surface area contributed by atoms with Crippen molar-refractivity contribution >= 4 is 5.91 Å². The Bertz CT molecular complexity index is 285. The molecule has 18 heavy (non-hydrogen) atoms. The Labute approximate surface area is 110 Å². The van der Waals surface area contributed by atoms with Gasteiger partial charge in [0.2, 0.25) is 5.91 Å². The quantitative estimate of drug-likeness (QED) is 0.772. The van der Waals surface area contributed by atoms with E-state index >= 15 is 0 Å². The fraction of sp³-hybridized carbons (Fsp3) is 0.933. The minimum Gasteiger partial charge on any atom is -0.342 e. The maximum absolute atomic E-state index is 12.6. The second-order valence-electron chi connectivity index (χ2n) is 6.55. The number of hydrogen-bond donors (Lipinski definition) is 1. The molecule has 1 N–H and O–H groups in total. The highest BCUT2D eigenvalue weighted by Crippen LogP contribution is 2.29. The molecule has 3 aliphatic rings. The van der Waals surface area contributed by atoms with Crippen molar-refractivity contribution in [2.45, 2.75) is 44.9 Å². The van der Waals surface area contributed by atoms with Crippen molar-refractivity contribution in [2.75, 3.05) is 26.2 Å². The first-order chi connectivity index (χ1) is 8.83. The molecule has 1 amide bonds. The molecule has 2 saturated heterocycles. The topological polar surface area (TPSA) is 32.3 Å². The van der Waals surface area contributed by atoms with Gasteiger partial charge >= 0.3 is 0 Å². The average Bonchev–Trinajstić information content (AvgIpc) is 2.73. The number of amides is 1. The fourth-order valence-corrected chi connectivity index (χ4v) is 3.96. The van der Waals surface area contributed by atoms with Crippen LogP contribution in [0, 0.1) is 17.8 Å². The van der Waals surface area contributed by atoms with Crippen LogP contribution < -0.4 is 5.32 Å². The summed E-state index contributed by atoms with van der Waals surface area (Å²) in [4.78, 5) is 14.9. The molecule has 0 aromatic carbocycles. The van der Waals surface area contributed by atoms with Gasteiger partial charge in [-0.1, -0.05) is 19.3 Å². The summed E-state index contributed by atoms with van der Waals surface area (Å²) in [5, 5.41) is 3.55. The van der Waals surface area contributed by atoms with Gasteiger partial charge in [0.25, 0.3) is 0 Å². The molecule has 3 nitrogen and oxygen atoms in total. The van der Waals surface area contributed by atoms with Crippen molar-refractivity contribution in [1.29, 1.82) is 0 Å². The van der Waals surface area contributed by atoms with Crippen LogP contribution in [0.15, 0.2) is 0 Å². The molecule has 2 bridgehead atoms. The molecule has 102 valence electrons. The van der Waals surface area contributed by atoms with Crippen molar-refractivity contribution in [3.8, 4) is 0 Å². The number of fused-ring (bicyclic) bond motifs is 3. The van der Waals surface area contributed by atoms with Gasteiger partial charge in [0, 0.05) is 19.0 Å². The lowest BCUT2D eigenvalue weighted by Gasteiger charge is -2.33. The SMILES string of the molecule is O=C(C1CCCCC1)N1CC2CCC(CNC2)C1. The summed E-state index contributed by atoms with van der Waals surface area (Å²) in [5.41, 5.74) is 0. The molecule has 2 heterocycles. The van der Waals surface area contributed by atoms with E-state index in [0.29, 0.717) is 23.7 Å². The number of hydrogen-bond acceptors (Lipinski definition) is 2. The van der Waals surface area contributed by atoms with Crippen LogP contribution in [0.5, 0.6) is 0 Å². The third-order valence-electron chi connectivity index (χ3n) is 5.07. The highest BCUT2D eigenvalue weighted by molar-refractivity contribution is 5.79. The minimum absolute atomic E-state index is 0.352. The second-order valence-corrected chi connectivity index (χ2v) is 6.55. The number of carbonyl (C=O) groups is 1. The summed E-state index contributed by atoms with van der Waals surface area (Å²) in [6.45, 7) is 4.26. The normalized spacial score (nSPS) is 34.1. The van der Waals surface area contributed by atoms with Gasteiger partial charge in [0.1, 0.15) is 0 Å². The number of rotatable bonds is 1. The van der Waals surface area contributed by atoms with Crippen LogP contribution in [0.3, 0.4) is 0 Å². The largest absolute Gasteiger partial charge is 0.342 e. The first-order valence-electron chi connectivity index (χ1n) is 7.82. The zero-order valence-corrected chi connectivity index (χ0v) is 11.4. The smallest absolute Gasteiger partial charge is 0.225 e. The van der Waals surface area contributed by atoms with E-state index in [1.807, 2.05) is 0 Å². The maximum atomic E-state index is 12.6. The Morgan fingerprint density at radius 2 is 1.50 bits per heavy atom. The van der Waals surface area contributed by atoms with E-state index in [-0.39, 0.29) is 0 Å². The Morgan fingerprint density at radius 3 is 2.11 bits per heavy atom. The molecule has 2 atom stereocenters. The average molecular weight is 250 g/mol. The van der Waals surface area contributed by atoms with Crippen LogP contribution in [-0.4, -0.2) is 37.0 Å². The van der Waals surface area contributed by atoms with Crippen LogP contribution in [0.1, 0.15) is 44.9 Å². The lowest BCUT2D eigenvalue weighted by Crippen LogP contribution is -2.46. The molecule has 2 aliphatic heterocycles. The Hall–Kier alpha value is -0.570. The summed E-state index contributed by atoms with van der Waals surface area (Å²) in [7, 11) is 0. The van der Waals surface area contributed by atoms with Crippen molar-refractivity contribution < 1.29 is 4.79 Å². The van der Waals surface area contributed by atoms with E-state index < -0.39 is 0 Å². The fourth-order valence-electron chi connectivity index (χ4n) is 3.96. The van der Waals surface area contributed by atoms with Gasteiger partial charge in [-0.05, 0) is 50.6 Å². The summed E-state index contributed by atoms with van der Waals surface area (Å²) in [6, 6.07) is 0. The van der Waals surface area contributed by atoms with Crippen LogP contribution in [0.2, 0.25) is 0 Å². The van der Waals surface area contributed by atoms with Gasteiger partial charge in [0.15, 0.2) is 0 Å². The predicted molar refractivity (Wildman–Crippen MR) is 72.2 cm³/mol. The van der Waals surface area contributed by atoms with Crippen LogP contribution in [0.4, 0.5) is 0 Å². The standard InChI is InChI=1S/C15H26N2O/c18-15(14-4-2-1-3-5-14)17-10-12-6-7-13(11-17)9-16-8-12/h12-14,16H,1-11H2. The van der Waals surface area contributed by atoms with Crippen molar-refractivity contribution in [3.05, 3.63) is 0 Å². The van der Waals surface area contributed by atoms with Crippen LogP contribution in [-0.2, 0) is 4.79 Å². The van der Waals surface area contributed by atoms with Gasteiger partial charge in [-0.3, -0.25) is 4.79 Å². The van der Waals surface area contributed by atoms with Crippen molar-refractivity contribution in [1.82, 2.24) is 10.2 Å². The lowest BCUT2D eigenvalue weighted by atomic mass is 9.88. The zero-order chi connectivity index (χ0) is 12.4. The first kappa shape index (κ1) is 12.5. The number of carbonyl (C=O) groups excluding carboxylic acids is 1. The zero-order valence-electron chi connectivity index (χ0n) is 11.4. The van der Waals surface area contributed by atoms with Gasteiger partial charge in [-0.15, -0.1) is 0 Å². The number of likely N-dealkylation sites (tertiary alicyclic amines) is 1. The van der Waals surface area contributed by atoms with Crippen molar-refractivity contribution in [3.63, 3.8) is 0 Å². The molecule has 0 radical (unpaired) electrons. The molecule has 3 rings (SSSR count). The number of nitrogens with zero attached hydrogens (tertiary/aromatic N) is 1. The highest BCUT2D eigenvalue weighted by atomic mass is 16.2. The van der Waals surface area contributed by atoms with E-state index in [2.05, 4.69) is 10.2 Å². The molecule has 1 saturated carbocycles. The molecule has 3 fully saturated rings. The Morgan fingerprint density at radius 1 is 0.889 bits per heavy atom. The second kappa shape index (κ2) is 5.60. The van der Waals surface area contributed by atoms with E-state index in [0.717, 1.165) is 39.0 Å². The first-order valence-corrected chi connectivity index (χ1v) is 7.82. The molecule has 1 aliphatic carbocycles. The molecule has 3 heteroatoms. The molecular weight excluding hydrogens is 224 g/mol. The summed E-state index contributed by atoms with van der Waals surface area (Å²) >= 11 is 0. The highest BCUT2D eigenvalue weighted by Gasteiger charge is 2.32. The summed E-state index contributed by atoms with van der Waals surface area (Å²) in [6.07, 6.45) is 8.76. The van der Waals surface area contributed by atoms with E-state index in [1.54, 1.807) is 0 Å². The van der Waals surface area contributed by atoms with E-state index in [9.17, 15) is 4.79 Å². The van der Waals surface area contributed by atoms with Gasteiger partial charge in [-0.25, -0.2) is 0 Å². The monoisotopic (exact) mass is 250 g/mol. The van der Waals surface area contributed by atoms with Gasteiger partial charge < -0.3 is 10.2 Å². The molecule has 2 unspecified atom stereocenters. The third kappa shape index (κ3) is 2.71.